The van der Waals surface area contributed by atoms with Crippen molar-refractivity contribution in [1.82, 2.24) is 5.32 Å². The molecule has 0 amide bonds. The second kappa shape index (κ2) is 12.1. The van der Waals surface area contributed by atoms with Crippen molar-refractivity contribution < 1.29 is 39.1 Å². The third-order valence-electron chi connectivity index (χ3n) is 3.84. The summed E-state index contributed by atoms with van der Waals surface area (Å²) in [5.41, 5.74) is 1.97. The quantitative estimate of drug-likeness (QED) is 0.382. The van der Waals surface area contributed by atoms with Gasteiger partial charge in [0.2, 0.25) is 0 Å². The molecule has 4 N–H and O–H groups in total. The van der Waals surface area contributed by atoms with Gasteiger partial charge in [-0.05, 0) is 36.7 Å². The Bertz CT molecular complexity index is 810. The fraction of sp³-hybridized carbons (Fsp3) is 0.300. The fourth-order valence-electron chi connectivity index (χ4n) is 2.37. The van der Waals surface area contributed by atoms with Crippen LogP contribution in [0.5, 0.6) is 23.0 Å². The molecule has 9 nitrogen and oxygen atoms in total. The van der Waals surface area contributed by atoms with Crippen LogP contribution in [0.4, 0.5) is 0 Å². The third kappa shape index (κ3) is 7.59. The maximum absolute atomic E-state index is 10.0. The van der Waals surface area contributed by atoms with Gasteiger partial charge in [0.25, 0.3) is 0 Å². The lowest BCUT2D eigenvalue weighted by Gasteiger charge is -2.11. The summed E-state index contributed by atoms with van der Waals surface area (Å²) in [5.74, 6) is -1.51. The second-order valence-corrected chi connectivity index (χ2v) is 5.69. The van der Waals surface area contributed by atoms with Gasteiger partial charge in [0.15, 0.2) is 23.0 Å². The Morgan fingerprint density at radius 2 is 1.52 bits per heavy atom. The molecule has 2 aromatic rings. The van der Waals surface area contributed by atoms with Gasteiger partial charge in [0, 0.05) is 12.1 Å². The van der Waals surface area contributed by atoms with E-state index in [2.05, 4.69) is 5.32 Å². The first-order valence-electron chi connectivity index (χ1n) is 8.56. The molecule has 0 aliphatic heterocycles. The summed E-state index contributed by atoms with van der Waals surface area (Å²) in [6.45, 7) is 1.36. The van der Waals surface area contributed by atoms with E-state index < -0.39 is 11.9 Å². The standard InChI is InChI=1S/C18H23NO4.C2H2O4/c1-21-15-8-7-13(11-17(15)23-3)9-10-19-12-14-5-4-6-16(22-2)18(14)20;3-1(4)2(5)6/h4-8,11,19-20H,9-10,12H2,1-3H3;(H,3,4)(H,5,6). The lowest BCUT2D eigenvalue weighted by Crippen LogP contribution is -2.16. The first kappa shape index (κ1) is 23.6. The summed E-state index contributed by atoms with van der Waals surface area (Å²) >= 11 is 0. The van der Waals surface area contributed by atoms with Crippen molar-refractivity contribution in [2.45, 2.75) is 13.0 Å². The molecule has 0 saturated heterocycles. The molecule has 0 heterocycles. The molecule has 0 bridgehead atoms. The Morgan fingerprint density at radius 1 is 0.897 bits per heavy atom. The van der Waals surface area contributed by atoms with Gasteiger partial charge in [-0.1, -0.05) is 18.2 Å². The van der Waals surface area contributed by atoms with E-state index in [1.165, 1.54) is 0 Å². The number of benzene rings is 2. The van der Waals surface area contributed by atoms with Crippen molar-refractivity contribution in [3.63, 3.8) is 0 Å². The Labute approximate surface area is 168 Å². The van der Waals surface area contributed by atoms with E-state index in [0.717, 1.165) is 35.6 Å². The van der Waals surface area contributed by atoms with Crippen molar-refractivity contribution >= 4 is 11.9 Å². The molecule has 2 aromatic carbocycles. The van der Waals surface area contributed by atoms with E-state index in [1.807, 2.05) is 30.3 Å². The number of phenolic OH excluding ortho intramolecular Hbond substituents is 1. The second-order valence-electron chi connectivity index (χ2n) is 5.69. The molecule has 9 heteroatoms. The van der Waals surface area contributed by atoms with Gasteiger partial charge in [-0.3, -0.25) is 0 Å². The van der Waals surface area contributed by atoms with Gasteiger partial charge in [0.1, 0.15) is 0 Å². The largest absolute Gasteiger partial charge is 0.504 e. The highest BCUT2D eigenvalue weighted by Gasteiger charge is 2.07. The predicted octanol–water partition coefficient (Wildman–Crippen LogP) is 1.91. The van der Waals surface area contributed by atoms with Crippen LogP contribution in [0, 0.1) is 0 Å². The molecule has 0 radical (unpaired) electrons. The van der Waals surface area contributed by atoms with Crippen LogP contribution in [0.25, 0.3) is 0 Å². The van der Waals surface area contributed by atoms with Gasteiger partial charge < -0.3 is 34.8 Å². The number of carboxylic acid groups (broad SMARTS) is 2. The van der Waals surface area contributed by atoms with Crippen molar-refractivity contribution in [1.29, 1.82) is 0 Å². The van der Waals surface area contributed by atoms with E-state index >= 15 is 0 Å². The van der Waals surface area contributed by atoms with Crippen molar-refractivity contribution in [2.75, 3.05) is 27.9 Å². The molecule has 0 aliphatic rings. The zero-order chi connectivity index (χ0) is 21.8. The van der Waals surface area contributed by atoms with E-state index in [9.17, 15) is 5.11 Å². The maximum atomic E-state index is 10.0. The first-order valence-corrected chi connectivity index (χ1v) is 8.56. The molecule has 0 aliphatic carbocycles. The Morgan fingerprint density at radius 3 is 2.07 bits per heavy atom. The molecule has 0 fully saturated rings. The molecule has 0 saturated carbocycles. The topological polar surface area (TPSA) is 135 Å². The molecule has 158 valence electrons. The zero-order valence-electron chi connectivity index (χ0n) is 16.5. The molecular weight excluding hydrogens is 382 g/mol. The maximum Gasteiger partial charge on any atom is 0.414 e. The predicted molar refractivity (Wildman–Crippen MR) is 105 cm³/mol. The van der Waals surface area contributed by atoms with Crippen LogP contribution in [0.2, 0.25) is 0 Å². The smallest absolute Gasteiger partial charge is 0.414 e. The number of hydrogen-bond acceptors (Lipinski definition) is 7. The number of nitrogens with one attached hydrogen (secondary N) is 1. The molecule has 29 heavy (non-hydrogen) atoms. The van der Waals surface area contributed by atoms with Gasteiger partial charge in [-0.25, -0.2) is 9.59 Å². The number of hydrogen-bond donors (Lipinski definition) is 4. The van der Waals surface area contributed by atoms with Gasteiger partial charge in [-0.15, -0.1) is 0 Å². The van der Waals surface area contributed by atoms with Gasteiger partial charge in [0.05, 0.1) is 21.3 Å². The number of rotatable bonds is 8. The van der Waals surface area contributed by atoms with Crippen LogP contribution in [0.1, 0.15) is 11.1 Å². The number of carboxylic acids is 2. The normalized spacial score (nSPS) is 9.76. The Hall–Kier alpha value is -3.46. The number of carbonyl (C=O) groups is 2. The first-order chi connectivity index (χ1) is 13.8. The van der Waals surface area contributed by atoms with Gasteiger partial charge in [-0.2, -0.15) is 0 Å². The molecule has 0 unspecified atom stereocenters. The highest BCUT2D eigenvalue weighted by Crippen LogP contribution is 2.29. The summed E-state index contributed by atoms with van der Waals surface area (Å²) in [6.07, 6.45) is 0.852. The van der Waals surface area contributed by atoms with E-state index in [-0.39, 0.29) is 5.75 Å². The summed E-state index contributed by atoms with van der Waals surface area (Å²) < 4.78 is 15.6. The minimum atomic E-state index is -1.82. The number of ether oxygens (including phenoxy) is 3. The minimum absolute atomic E-state index is 0.189. The van der Waals surface area contributed by atoms with Crippen LogP contribution in [0.15, 0.2) is 36.4 Å². The molecule has 0 aromatic heterocycles. The lowest BCUT2D eigenvalue weighted by atomic mass is 10.1. The summed E-state index contributed by atoms with van der Waals surface area (Å²) in [4.78, 5) is 18.2. The average Bonchev–Trinajstić information content (AvgIpc) is 2.72. The number of methoxy groups -OCH3 is 3. The summed E-state index contributed by atoms with van der Waals surface area (Å²) in [7, 11) is 4.80. The average molecular weight is 407 g/mol. The van der Waals surface area contributed by atoms with Crippen molar-refractivity contribution in [3.05, 3.63) is 47.5 Å². The summed E-state index contributed by atoms with van der Waals surface area (Å²) in [6, 6.07) is 11.4. The van der Waals surface area contributed by atoms with Crippen LogP contribution in [-0.4, -0.2) is 55.1 Å². The number of para-hydroxylation sites is 1. The van der Waals surface area contributed by atoms with Crippen LogP contribution >= 0.6 is 0 Å². The summed E-state index contributed by atoms with van der Waals surface area (Å²) in [5, 5.41) is 28.1. The van der Waals surface area contributed by atoms with Gasteiger partial charge >= 0.3 is 11.9 Å². The highest BCUT2D eigenvalue weighted by molar-refractivity contribution is 6.27. The van der Waals surface area contributed by atoms with Crippen molar-refractivity contribution in [3.8, 4) is 23.0 Å². The Balaban J connectivity index is 0.000000612. The van der Waals surface area contributed by atoms with Crippen LogP contribution < -0.4 is 19.5 Å². The Kier molecular flexibility index (Phi) is 9.83. The molecule has 2 rings (SSSR count). The van der Waals surface area contributed by atoms with E-state index in [1.54, 1.807) is 27.4 Å². The SMILES string of the molecule is COc1ccc(CCNCc2cccc(OC)c2O)cc1OC.O=C(O)C(=O)O. The van der Waals surface area contributed by atoms with Crippen LogP contribution in [-0.2, 0) is 22.6 Å². The molecule has 0 spiro atoms. The monoisotopic (exact) mass is 407 g/mol. The third-order valence-corrected chi connectivity index (χ3v) is 3.84. The number of phenols is 1. The van der Waals surface area contributed by atoms with E-state index in [0.29, 0.717) is 12.3 Å². The minimum Gasteiger partial charge on any atom is -0.504 e. The number of aromatic hydroxyl groups is 1. The fourth-order valence-corrected chi connectivity index (χ4v) is 2.37. The van der Waals surface area contributed by atoms with E-state index in [4.69, 9.17) is 34.0 Å². The lowest BCUT2D eigenvalue weighted by molar-refractivity contribution is -0.159. The van der Waals surface area contributed by atoms with Crippen LogP contribution in [0.3, 0.4) is 0 Å². The zero-order valence-corrected chi connectivity index (χ0v) is 16.5. The van der Waals surface area contributed by atoms with Crippen molar-refractivity contribution in [2.24, 2.45) is 0 Å². The molecular formula is C20H25NO8. The highest BCUT2D eigenvalue weighted by atomic mass is 16.5. The molecule has 0 atom stereocenters. The number of aliphatic carboxylic acids is 2.